The Hall–Kier alpha value is -7.78. The van der Waals surface area contributed by atoms with Gasteiger partial charge in [0.2, 0.25) is 11.8 Å². The van der Waals surface area contributed by atoms with E-state index in [0.29, 0.717) is 30.6 Å². The number of thiophene rings is 2. The van der Waals surface area contributed by atoms with E-state index in [1.54, 1.807) is 34.8 Å². The lowest BCUT2D eigenvalue weighted by molar-refractivity contribution is -0.384. The number of ether oxygens (including phenoxy) is 2. The minimum Gasteiger partial charge on any atom is -0.453 e. The van der Waals surface area contributed by atoms with Gasteiger partial charge < -0.3 is 36.5 Å². The van der Waals surface area contributed by atoms with Gasteiger partial charge in [0.15, 0.2) is 0 Å². The number of hydrogen-bond acceptors (Lipinski definition) is 15. The normalized spacial score (nSPS) is 12.4. The molecule has 0 aliphatic heterocycles. The number of carbonyl (C=O) groups excluding carboxylic acids is 4. The van der Waals surface area contributed by atoms with Crippen LogP contribution < -0.4 is 27.0 Å². The number of amides is 4. The van der Waals surface area contributed by atoms with Gasteiger partial charge in [0, 0.05) is 41.4 Å². The van der Waals surface area contributed by atoms with Crippen molar-refractivity contribution in [3.63, 3.8) is 0 Å². The van der Waals surface area contributed by atoms with Crippen LogP contribution in [-0.2, 0) is 44.7 Å². The number of methoxy groups -OCH3 is 2. The maximum atomic E-state index is 13.5. The van der Waals surface area contributed by atoms with Crippen molar-refractivity contribution in [1.29, 1.82) is 0 Å². The molecule has 4 amide bonds. The Kier molecular flexibility index (Phi) is 18.7. The molecule has 370 valence electrons. The lowest BCUT2D eigenvalue weighted by atomic mass is 10.0. The molecule has 0 bridgehead atoms. The van der Waals surface area contributed by atoms with Gasteiger partial charge in [-0.15, -0.1) is 45.3 Å². The number of hydrogen-bond donors (Lipinski definition) is 5. The van der Waals surface area contributed by atoms with Gasteiger partial charge in [-0.1, -0.05) is 97.1 Å². The molecule has 0 saturated heterocycles. The molecule has 16 nitrogen and oxygen atoms in total. The third-order valence-corrected chi connectivity index (χ3v) is 14.8. The molecule has 0 radical (unpaired) electrons. The number of benzene rings is 4. The molecule has 72 heavy (non-hydrogen) atoms. The molecular weight excluding hydrogens is 993 g/mol. The lowest BCUT2D eigenvalue weighted by Crippen LogP contribution is -2.49. The Labute approximate surface area is 431 Å². The van der Waals surface area contributed by atoms with Gasteiger partial charge in [0.1, 0.15) is 22.1 Å². The Morgan fingerprint density at radius 1 is 0.542 bits per heavy atom. The van der Waals surface area contributed by atoms with E-state index in [-0.39, 0.29) is 18.0 Å². The number of nitro groups is 1. The Balaban J connectivity index is 0.000000212. The van der Waals surface area contributed by atoms with Crippen molar-refractivity contribution in [2.24, 2.45) is 0 Å². The molecule has 0 fully saturated rings. The second-order valence-corrected chi connectivity index (χ2v) is 19.7. The summed E-state index contributed by atoms with van der Waals surface area (Å²) < 4.78 is 9.49. The van der Waals surface area contributed by atoms with Crippen molar-refractivity contribution in [3.05, 3.63) is 199 Å². The number of non-ortho nitro benzene ring substituents is 1. The fraction of sp³-hybridized carbons (Fsp3) is 0.192. The first-order valence-electron chi connectivity index (χ1n) is 22.4. The average molecular weight is 1040 g/mol. The van der Waals surface area contributed by atoms with Gasteiger partial charge in [-0.2, -0.15) is 0 Å². The SMILES string of the molecule is COC(=O)N[C@H](Cc1ccccc1)C(=O)N[C@@H](Cc1ccc(N)cc1)c1csc(-c2cccs2)n1.COC(=O)N[C@H](Cc1ccccc1)C(=O)N[C@@H](Cc1ccc([N+](=O)[O-])cc1)c1csc(-c2cccs2)n1. The van der Waals surface area contributed by atoms with Crippen LogP contribution in [0.25, 0.3) is 19.8 Å². The third-order valence-electron chi connectivity index (χ3n) is 11.0. The van der Waals surface area contributed by atoms with Gasteiger partial charge in [0.25, 0.3) is 5.69 Å². The second-order valence-electron chi connectivity index (χ2n) is 16.1. The number of rotatable bonds is 19. The minimum absolute atomic E-state index is 0.0109. The first-order valence-corrected chi connectivity index (χ1v) is 25.9. The second kappa shape index (κ2) is 25.9. The molecule has 4 aromatic carbocycles. The smallest absolute Gasteiger partial charge is 0.407 e. The quantitative estimate of drug-likeness (QED) is 0.0291. The van der Waals surface area contributed by atoms with Crippen LogP contribution in [0, 0.1) is 10.1 Å². The van der Waals surface area contributed by atoms with E-state index >= 15 is 0 Å². The first-order chi connectivity index (χ1) is 34.9. The van der Waals surface area contributed by atoms with Gasteiger partial charge in [-0.3, -0.25) is 19.7 Å². The van der Waals surface area contributed by atoms with Crippen molar-refractivity contribution >= 4 is 80.7 Å². The summed E-state index contributed by atoms with van der Waals surface area (Å²) >= 11 is 6.21. The molecule has 8 aromatic rings. The zero-order valence-electron chi connectivity index (χ0n) is 39.0. The molecule has 20 heteroatoms. The summed E-state index contributed by atoms with van der Waals surface area (Å²) in [6.45, 7) is 0. The van der Waals surface area contributed by atoms with Crippen LogP contribution in [0.15, 0.2) is 155 Å². The number of carbonyl (C=O) groups is 4. The number of nitrogens with zero attached hydrogens (tertiary/aromatic N) is 3. The van der Waals surface area contributed by atoms with Gasteiger partial charge in [-0.25, -0.2) is 19.6 Å². The Bertz CT molecular complexity index is 2990. The number of thiazole rings is 2. The molecule has 0 aliphatic carbocycles. The predicted molar refractivity (Wildman–Crippen MR) is 283 cm³/mol. The highest BCUT2D eigenvalue weighted by Crippen LogP contribution is 2.32. The van der Waals surface area contributed by atoms with E-state index in [0.717, 1.165) is 47.7 Å². The lowest BCUT2D eigenvalue weighted by Gasteiger charge is -2.23. The van der Waals surface area contributed by atoms with Crippen molar-refractivity contribution in [2.75, 3.05) is 20.0 Å². The summed E-state index contributed by atoms with van der Waals surface area (Å²) in [7, 11) is 2.52. The summed E-state index contributed by atoms with van der Waals surface area (Å²) in [5, 5.41) is 32.1. The number of nitrogens with one attached hydrogen (secondary N) is 4. The summed E-state index contributed by atoms with van der Waals surface area (Å²) in [5.74, 6) is -0.711. The molecule has 0 aliphatic rings. The van der Waals surface area contributed by atoms with Crippen molar-refractivity contribution in [2.45, 2.75) is 49.9 Å². The standard InChI is InChI=1S/C26H24N4O5S2.C26H26N4O3S2/c1-35-26(32)29-21(15-17-6-3-2-4-7-17)24(31)27-20(14-18-9-11-19(12-10-18)30(33)34)22-16-37-25(28-22)23-8-5-13-36-23;1-33-26(32)30-21(15-17-6-3-2-4-7-17)24(31)28-20(14-18-9-11-19(27)12-10-18)22-16-35-25(29-22)23-8-5-13-34-23/h2-13,16,20-21H,14-15H2,1H3,(H,27,31)(H,29,32);2-13,16,20-21H,14-15,27H2,1H3,(H,28,31)(H,30,32)/t2*20-,21+/m00/s1. The topological polar surface area (TPSA) is 230 Å². The van der Waals surface area contributed by atoms with E-state index in [1.807, 2.05) is 131 Å². The van der Waals surface area contributed by atoms with Gasteiger partial charge in [0.05, 0.1) is 52.4 Å². The summed E-state index contributed by atoms with van der Waals surface area (Å²) in [6.07, 6.45) is 0.0995. The minimum atomic E-state index is -0.885. The largest absolute Gasteiger partial charge is 0.453 e. The predicted octanol–water partition coefficient (Wildman–Crippen LogP) is 9.97. The van der Waals surface area contributed by atoms with Crippen molar-refractivity contribution in [1.82, 2.24) is 31.2 Å². The van der Waals surface area contributed by atoms with Crippen LogP contribution in [0.2, 0.25) is 0 Å². The molecule has 6 N–H and O–H groups in total. The maximum absolute atomic E-state index is 13.5. The number of anilines is 1. The van der Waals surface area contributed by atoms with Crippen LogP contribution in [0.4, 0.5) is 21.0 Å². The zero-order valence-corrected chi connectivity index (χ0v) is 42.2. The molecule has 4 heterocycles. The molecule has 0 saturated carbocycles. The molecule has 8 rings (SSSR count). The number of nitrogens with two attached hydrogens (primary N) is 1. The first kappa shape index (κ1) is 52.1. The third kappa shape index (κ3) is 15.1. The molecule has 0 spiro atoms. The number of nitrogen functional groups attached to an aromatic ring is 1. The maximum Gasteiger partial charge on any atom is 0.407 e. The monoisotopic (exact) mass is 1040 g/mol. The fourth-order valence-electron chi connectivity index (χ4n) is 7.32. The van der Waals surface area contributed by atoms with Crippen LogP contribution in [0.3, 0.4) is 0 Å². The van der Waals surface area contributed by atoms with Crippen LogP contribution in [0.1, 0.15) is 45.7 Å². The van der Waals surface area contributed by atoms with Crippen LogP contribution in [-0.4, -0.2) is 65.2 Å². The van der Waals surface area contributed by atoms with E-state index in [4.69, 9.17) is 25.2 Å². The molecule has 4 aromatic heterocycles. The van der Waals surface area contributed by atoms with E-state index in [1.165, 1.54) is 49.0 Å². The zero-order chi connectivity index (χ0) is 50.8. The highest BCUT2D eigenvalue weighted by Gasteiger charge is 2.28. The Morgan fingerprint density at radius 3 is 1.32 bits per heavy atom. The van der Waals surface area contributed by atoms with Gasteiger partial charge >= 0.3 is 12.2 Å². The van der Waals surface area contributed by atoms with Crippen molar-refractivity contribution in [3.8, 4) is 19.8 Å². The highest BCUT2D eigenvalue weighted by molar-refractivity contribution is 7.20. The van der Waals surface area contributed by atoms with E-state index in [2.05, 4.69) is 21.3 Å². The van der Waals surface area contributed by atoms with Crippen LogP contribution >= 0.6 is 45.3 Å². The number of nitro benzene ring substituents is 1. The summed E-state index contributed by atoms with van der Waals surface area (Å²) in [6, 6.07) is 38.0. The number of aromatic nitrogens is 2. The number of alkyl carbamates (subject to hydrolysis) is 2. The Morgan fingerprint density at radius 2 is 0.944 bits per heavy atom. The van der Waals surface area contributed by atoms with Crippen molar-refractivity contribution < 1.29 is 33.6 Å². The molecule has 4 atom stereocenters. The van der Waals surface area contributed by atoms with E-state index < -0.39 is 47.2 Å². The molecule has 0 unspecified atom stereocenters. The van der Waals surface area contributed by atoms with Crippen LogP contribution in [0.5, 0.6) is 0 Å². The fourth-order valence-corrected chi connectivity index (χ4v) is 10.7. The highest BCUT2D eigenvalue weighted by atomic mass is 32.1. The van der Waals surface area contributed by atoms with Gasteiger partial charge in [-0.05, 0) is 70.1 Å². The molecular formula is C52H50N8O8S4. The summed E-state index contributed by atoms with van der Waals surface area (Å²) in [5.41, 5.74) is 11.5. The summed E-state index contributed by atoms with van der Waals surface area (Å²) in [4.78, 5) is 73.2. The van der Waals surface area contributed by atoms with E-state index in [9.17, 15) is 29.3 Å². The average Bonchev–Trinajstić information content (AvgIpc) is 4.26.